The van der Waals surface area contributed by atoms with Crippen LogP contribution in [0.2, 0.25) is 0 Å². The monoisotopic (exact) mass is 183 g/mol. The Morgan fingerprint density at radius 2 is 2.15 bits per heavy atom. The standard InChI is InChI=1S/C10H17NO2/c1-2-13-10(12)9-7-4-3-6(7)8(9)5-11/h6-9H,2-5,11H2,1H3/t6-,7+,8+,9-/m0/s1. The van der Waals surface area contributed by atoms with Crippen LogP contribution < -0.4 is 5.73 Å². The van der Waals surface area contributed by atoms with Gasteiger partial charge in [0, 0.05) is 0 Å². The first-order chi connectivity index (χ1) is 6.29. The summed E-state index contributed by atoms with van der Waals surface area (Å²) in [6.45, 7) is 2.99. The summed E-state index contributed by atoms with van der Waals surface area (Å²) >= 11 is 0. The fraction of sp³-hybridized carbons (Fsp3) is 0.900. The van der Waals surface area contributed by atoms with Crippen LogP contribution >= 0.6 is 0 Å². The molecular weight excluding hydrogens is 166 g/mol. The fourth-order valence-electron chi connectivity index (χ4n) is 2.88. The van der Waals surface area contributed by atoms with E-state index in [2.05, 4.69) is 0 Å². The summed E-state index contributed by atoms with van der Waals surface area (Å²) in [6, 6.07) is 0. The Bertz CT molecular complexity index is 217. The van der Waals surface area contributed by atoms with Gasteiger partial charge in [-0.1, -0.05) is 0 Å². The van der Waals surface area contributed by atoms with Crippen molar-refractivity contribution in [2.75, 3.05) is 13.2 Å². The lowest BCUT2D eigenvalue weighted by Gasteiger charge is -2.57. The van der Waals surface area contributed by atoms with Gasteiger partial charge in [0.15, 0.2) is 0 Å². The molecule has 0 aliphatic heterocycles. The third kappa shape index (κ3) is 1.17. The Balaban J connectivity index is 1.94. The maximum atomic E-state index is 11.5. The molecular formula is C10H17NO2. The van der Waals surface area contributed by atoms with Gasteiger partial charge in [0.1, 0.15) is 0 Å². The van der Waals surface area contributed by atoms with E-state index in [1.807, 2.05) is 6.92 Å². The summed E-state index contributed by atoms with van der Waals surface area (Å²) in [4.78, 5) is 11.5. The molecule has 0 aromatic rings. The molecule has 0 radical (unpaired) electrons. The van der Waals surface area contributed by atoms with Crippen molar-refractivity contribution in [1.82, 2.24) is 0 Å². The fourth-order valence-corrected chi connectivity index (χ4v) is 2.88. The summed E-state index contributed by atoms with van der Waals surface area (Å²) in [5.41, 5.74) is 5.64. The Hall–Kier alpha value is -0.570. The zero-order valence-electron chi connectivity index (χ0n) is 8.03. The average molecular weight is 183 g/mol. The second-order valence-electron chi connectivity index (χ2n) is 4.08. The third-order valence-corrected chi connectivity index (χ3v) is 3.69. The minimum atomic E-state index is -0.0149. The number of esters is 1. The van der Waals surface area contributed by atoms with Crippen LogP contribution in [0.5, 0.6) is 0 Å². The second-order valence-corrected chi connectivity index (χ2v) is 4.08. The van der Waals surface area contributed by atoms with Crippen molar-refractivity contribution in [1.29, 1.82) is 0 Å². The van der Waals surface area contributed by atoms with Gasteiger partial charge < -0.3 is 10.5 Å². The van der Waals surface area contributed by atoms with Crippen molar-refractivity contribution < 1.29 is 9.53 Å². The van der Waals surface area contributed by atoms with Crippen molar-refractivity contribution in [2.24, 2.45) is 29.4 Å². The lowest BCUT2D eigenvalue weighted by atomic mass is 9.47. The maximum Gasteiger partial charge on any atom is 0.309 e. The van der Waals surface area contributed by atoms with Gasteiger partial charge in [0.05, 0.1) is 12.5 Å². The summed E-state index contributed by atoms with van der Waals surface area (Å²) < 4.78 is 5.04. The number of fused-ring (bicyclic) bond motifs is 1. The predicted octanol–water partition coefficient (Wildman–Crippen LogP) is 0.780. The molecule has 2 saturated carbocycles. The molecule has 0 spiro atoms. The maximum absolute atomic E-state index is 11.5. The highest BCUT2D eigenvalue weighted by molar-refractivity contribution is 5.75. The number of nitrogens with two attached hydrogens (primary N) is 1. The second kappa shape index (κ2) is 3.29. The zero-order chi connectivity index (χ0) is 9.42. The summed E-state index contributed by atoms with van der Waals surface area (Å²) in [7, 11) is 0. The Morgan fingerprint density at radius 3 is 2.62 bits per heavy atom. The Kier molecular flexibility index (Phi) is 2.28. The lowest BCUT2D eigenvalue weighted by molar-refractivity contribution is -0.176. The van der Waals surface area contributed by atoms with Gasteiger partial charge in [-0.2, -0.15) is 0 Å². The lowest BCUT2D eigenvalue weighted by Crippen LogP contribution is -2.59. The van der Waals surface area contributed by atoms with E-state index in [4.69, 9.17) is 10.5 Å². The minimum Gasteiger partial charge on any atom is -0.466 e. The molecule has 0 amide bonds. The van der Waals surface area contributed by atoms with E-state index in [0.717, 1.165) is 5.92 Å². The van der Waals surface area contributed by atoms with Gasteiger partial charge in [-0.25, -0.2) is 0 Å². The van der Waals surface area contributed by atoms with E-state index in [-0.39, 0.29) is 11.9 Å². The van der Waals surface area contributed by atoms with Crippen molar-refractivity contribution >= 4 is 5.97 Å². The van der Waals surface area contributed by atoms with E-state index >= 15 is 0 Å². The van der Waals surface area contributed by atoms with Crippen LogP contribution in [-0.2, 0) is 9.53 Å². The van der Waals surface area contributed by atoms with Crippen molar-refractivity contribution in [2.45, 2.75) is 19.8 Å². The van der Waals surface area contributed by atoms with Crippen LogP contribution in [0, 0.1) is 23.7 Å². The number of rotatable bonds is 3. The summed E-state index contributed by atoms with van der Waals surface area (Å²) in [5, 5.41) is 0. The first-order valence-corrected chi connectivity index (χ1v) is 5.16. The topological polar surface area (TPSA) is 52.3 Å². The van der Waals surface area contributed by atoms with Crippen LogP contribution in [0.4, 0.5) is 0 Å². The van der Waals surface area contributed by atoms with Crippen LogP contribution in [0.15, 0.2) is 0 Å². The van der Waals surface area contributed by atoms with E-state index in [9.17, 15) is 4.79 Å². The van der Waals surface area contributed by atoms with Crippen LogP contribution in [0.25, 0.3) is 0 Å². The van der Waals surface area contributed by atoms with Crippen molar-refractivity contribution in [3.8, 4) is 0 Å². The number of carbonyl (C=O) groups is 1. The molecule has 2 aliphatic carbocycles. The molecule has 2 aliphatic rings. The number of hydrogen-bond acceptors (Lipinski definition) is 3. The first kappa shape index (κ1) is 9.00. The zero-order valence-corrected chi connectivity index (χ0v) is 8.03. The number of carbonyl (C=O) groups excluding carboxylic acids is 1. The van der Waals surface area contributed by atoms with Crippen LogP contribution in [0.3, 0.4) is 0 Å². The molecule has 3 nitrogen and oxygen atoms in total. The highest BCUT2D eigenvalue weighted by Crippen LogP contribution is 2.58. The molecule has 0 unspecified atom stereocenters. The van der Waals surface area contributed by atoms with Gasteiger partial charge >= 0.3 is 5.97 Å². The van der Waals surface area contributed by atoms with Gasteiger partial charge in [-0.05, 0) is 44.1 Å². The molecule has 13 heavy (non-hydrogen) atoms. The molecule has 4 atom stereocenters. The third-order valence-electron chi connectivity index (χ3n) is 3.69. The molecule has 2 rings (SSSR count). The Morgan fingerprint density at radius 1 is 1.46 bits per heavy atom. The highest BCUT2D eigenvalue weighted by atomic mass is 16.5. The molecule has 3 heteroatoms. The molecule has 0 bridgehead atoms. The number of hydrogen-bond donors (Lipinski definition) is 1. The summed E-state index contributed by atoms with van der Waals surface area (Å²) in [5.74, 6) is 1.87. The quantitative estimate of drug-likeness (QED) is 0.658. The molecule has 0 heterocycles. The smallest absolute Gasteiger partial charge is 0.309 e. The molecule has 2 fully saturated rings. The van der Waals surface area contributed by atoms with Crippen molar-refractivity contribution in [3.63, 3.8) is 0 Å². The first-order valence-electron chi connectivity index (χ1n) is 5.16. The van der Waals surface area contributed by atoms with Crippen LogP contribution in [-0.4, -0.2) is 19.1 Å². The summed E-state index contributed by atoms with van der Waals surface area (Å²) in [6.07, 6.45) is 2.47. The van der Waals surface area contributed by atoms with E-state index in [1.54, 1.807) is 0 Å². The number of ether oxygens (including phenoxy) is 1. The van der Waals surface area contributed by atoms with Gasteiger partial charge in [-0.15, -0.1) is 0 Å². The molecule has 0 aromatic heterocycles. The largest absolute Gasteiger partial charge is 0.466 e. The molecule has 0 aromatic carbocycles. The molecule has 2 N–H and O–H groups in total. The normalized spacial score (nSPS) is 41.4. The van der Waals surface area contributed by atoms with E-state index in [1.165, 1.54) is 12.8 Å². The van der Waals surface area contributed by atoms with Crippen molar-refractivity contribution in [3.05, 3.63) is 0 Å². The van der Waals surface area contributed by atoms with E-state index < -0.39 is 0 Å². The van der Waals surface area contributed by atoms with Crippen LogP contribution in [0.1, 0.15) is 19.8 Å². The van der Waals surface area contributed by atoms with Gasteiger partial charge in [0.25, 0.3) is 0 Å². The van der Waals surface area contributed by atoms with Gasteiger partial charge in [0.2, 0.25) is 0 Å². The van der Waals surface area contributed by atoms with Gasteiger partial charge in [-0.3, -0.25) is 4.79 Å². The minimum absolute atomic E-state index is 0.0149. The highest BCUT2D eigenvalue weighted by Gasteiger charge is 2.58. The van der Waals surface area contributed by atoms with E-state index in [0.29, 0.717) is 25.0 Å². The molecule has 0 saturated heterocycles. The molecule has 74 valence electrons. The predicted molar refractivity (Wildman–Crippen MR) is 48.9 cm³/mol. The average Bonchev–Trinajstić information content (AvgIpc) is 2.08. The SMILES string of the molecule is CCOC(=O)[C@@H]1[C@H](CN)[C@H]2CC[C@H]21. The Labute approximate surface area is 78.6 Å².